The molecule has 0 aliphatic carbocycles. The average molecular weight is 456 g/mol. The van der Waals surface area contributed by atoms with Crippen LogP contribution in [0.3, 0.4) is 0 Å². The van der Waals surface area contributed by atoms with Crippen molar-refractivity contribution in [3.63, 3.8) is 0 Å². The Labute approximate surface area is 180 Å². The maximum absolute atomic E-state index is 10.6. The van der Waals surface area contributed by atoms with Crippen LogP contribution in [0.15, 0.2) is 0 Å². The second-order valence-electron chi connectivity index (χ2n) is 8.80. The molecule has 0 spiro atoms. The first kappa shape index (κ1) is 26.8. The normalized spacial score (nSPS) is 41.3. The molecule has 2 rings (SSSR count). The quantitative estimate of drug-likeness (QED) is 0.162. The Morgan fingerprint density at radius 3 is 2.16 bits per heavy atom. The third-order valence-corrected chi connectivity index (χ3v) is 6.19. The van der Waals surface area contributed by atoms with Crippen molar-refractivity contribution < 1.29 is 59.8 Å². The highest BCUT2D eigenvalue weighted by Gasteiger charge is 2.50. The highest BCUT2D eigenvalue weighted by Crippen LogP contribution is 2.30. The van der Waals surface area contributed by atoms with Crippen LogP contribution in [0.4, 0.5) is 0 Å². The summed E-state index contributed by atoms with van der Waals surface area (Å²) < 4.78 is 21.4. The highest BCUT2D eigenvalue weighted by molar-refractivity contribution is 4.95. The molecule has 12 nitrogen and oxygen atoms in total. The number of hydrogen-bond acceptors (Lipinski definition) is 12. The van der Waals surface area contributed by atoms with Crippen LogP contribution in [-0.2, 0) is 18.9 Å². The van der Waals surface area contributed by atoms with Gasteiger partial charge in [-0.3, -0.25) is 0 Å². The summed E-state index contributed by atoms with van der Waals surface area (Å²) in [7, 11) is 0. The zero-order chi connectivity index (χ0) is 23.6. The van der Waals surface area contributed by atoms with Crippen LogP contribution < -0.4 is 0 Å². The second kappa shape index (κ2) is 10.2. The van der Waals surface area contributed by atoms with Crippen LogP contribution >= 0.6 is 0 Å². The topological polar surface area (TPSA) is 199 Å². The van der Waals surface area contributed by atoms with Crippen molar-refractivity contribution >= 4 is 0 Å². The van der Waals surface area contributed by atoms with Gasteiger partial charge in [0.25, 0.3) is 0 Å². The van der Waals surface area contributed by atoms with Crippen molar-refractivity contribution in [1.29, 1.82) is 0 Å². The molecular weight excluding hydrogens is 420 g/mol. The lowest BCUT2D eigenvalue weighted by molar-refractivity contribution is -0.311. The van der Waals surface area contributed by atoms with E-state index in [1.165, 1.54) is 13.8 Å². The molecule has 2 fully saturated rings. The van der Waals surface area contributed by atoms with E-state index < -0.39 is 73.1 Å². The van der Waals surface area contributed by atoms with Gasteiger partial charge >= 0.3 is 0 Å². The summed E-state index contributed by atoms with van der Waals surface area (Å²) in [5, 5.41) is 80.3. The molecule has 9 unspecified atom stereocenters. The molecule has 184 valence electrons. The van der Waals surface area contributed by atoms with Crippen molar-refractivity contribution in [2.24, 2.45) is 0 Å². The van der Waals surface area contributed by atoms with Gasteiger partial charge in [0, 0.05) is 6.42 Å². The fraction of sp³-hybridized carbons (Fsp3) is 1.00. The van der Waals surface area contributed by atoms with E-state index in [4.69, 9.17) is 24.1 Å². The Bertz CT molecular complexity index is 571. The van der Waals surface area contributed by atoms with Crippen LogP contribution in [0.5, 0.6) is 0 Å². The first-order valence-electron chi connectivity index (χ1n) is 10.3. The van der Waals surface area contributed by atoms with Gasteiger partial charge in [-0.25, -0.2) is 0 Å². The van der Waals surface area contributed by atoms with Gasteiger partial charge in [0.2, 0.25) is 0 Å². The SMILES string of the molecule is CCC(O)(CCOC1OC(COC2OCC(O)(CO)C2O)C(O)C(O)C1O)C(C)(C)O. The van der Waals surface area contributed by atoms with Gasteiger partial charge in [0.15, 0.2) is 12.6 Å². The molecule has 0 amide bonds. The Kier molecular flexibility index (Phi) is 8.81. The summed E-state index contributed by atoms with van der Waals surface area (Å²) in [6, 6.07) is 0. The number of rotatable bonds is 10. The maximum atomic E-state index is 10.6. The average Bonchev–Trinajstić information content (AvgIpc) is 3.00. The zero-order valence-electron chi connectivity index (χ0n) is 18.0. The van der Waals surface area contributed by atoms with Crippen molar-refractivity contribution in [1.82, 2.24) is 0 Å². The van der Waals surface area contributed by atoms with Gasteiger partial charge in [0.1, 0.15) is 36.1 Å². The van der Waals surface area contributed by atoms with Gasteiger partial charge in [-0.15, -0.1) is 0 Å². The lowest BCUT2D eigenvalue weighted by atomic mass is 9.81. The first-order chi connectivity index (χ1) is 14.3. The molecule has 0 aromatic heterocycles. The lowest BCUT2D eigenvalue weighted by Crippen LogP contribution is -2.60. The summed E-state index contributed by atoms with van der Waals surface area (Å²) in [5.74, 6) is 0. The summed E-state index contributed by atoms with van der Waals surface area (Å²) in [6.07, 6.45) is -9.89. The molecule has 9 atom stereocenters. The van der Waals surface area contributed by atoms with E-state index in [-0.39, 0.29) is 26.1 Å². The van der Waals surface area contributed by atoms with E-state index in [2.05, 4.69) is 0 Å². The molecule has 0 saturated carbocycles. The van der Waals surface area contributed by atoms with Crippen molar-refractivity contribution in [2.45, 2.75) is 93.5 Å². The van der Waals surface area contributed by atoms with Crippen molar-refractivity contribution in [3.05, 3.63) is 0 Å². The molecule has 2 aliphatic rings. The molecule has 2 aliphatic heterocycles. The van der Waals surface area contributed by atoms with Crippen molar-refractivity contribution in [3.8, 4) is 0 Å². The van der Waals surface area contributed by atoms with Crippen LogP contribution in [-0.4, -0.2) is 127 Å². The van der Waals surface area contributed by atoms with E-state index in [9.17, 15) is 35.7 Å². The van der Waals surface area contributed by atoms with Crippen LogP contribution in [0, 0.1) is 0 Å². The monoisotopic (exact) mass is 456 g/mol. The summed E-state index contributed by atoms with van der Waals surface area (Å²) >= 11 is 0. The van der Waals surface area contributed by atoms with Gasteiger partial charge in [0.05, 0.1) is 37.6 Å². The fourth-order valence-corrected chi connectivity index (χ4v) is 3.58. The summed E-state index contributed by atoms with van der Waals surface area (Å²) in [5.41, 5.74) is -4.73. The lowest BCUT2D eigenvalue weighted by Gasteiger charge is -2.42. The first-order valence-corrected chi connectivity index (χ1v) is 10.3. The van der Waals surface area contributed by atoms with Crippen LogP contribution in [0.1, 0.15) is 33.6 Å². The van der Waals surface area contributed by atoms with E-state index in [0.717, 1.165) is 0 Å². The summed E-state index contributed by atoms with van der Waals surface area (Å²) in [4.78, 5) is 0. The third-order valence-electron chi connectivity index (χ3n) is 6.19. The van der Waals surface area contributed by atoms with Crippen LogP contribution in [0.2, 0.25) is 0 Å². The minimum atomic E-state index is -1.88. The molecule has 8 N–H and O–H groups in total. The fourth-order valence-electron chi connectivity index (χ4n) is 3.58. The minimum Gasteiger partial charge on any atom is -0.393 e. The number of aliphatic hydroxyl groups is 8. The number of ether oxygens (including phenoxy) is 4. The number of hydrogen-bond donors (Lipinski definition) is 8. The number of aliphatic hydroxyl groups excluding tert-OH is 5. The molecular formula is C19H36O12. The molecule has 0 radical (unpaired) electrons. The van der Waals surface area contributed by atoms with E-state index in [1.54, 1.807) is 6.92 Å². The van der Waals surface area contributed by atoms with Gasteiger partial charge < -0.3 is 59.8 Å². The molecule has 2 heterocycles. The van der Waals surface area contributed by atoms with E-state index in [1.807, 2.05) is 0 Å². The van der Waals surface area contributed by atoms with Gasteiger partial charge in [-0.05, 0) is 20.3 Å². The minimum absolute atomic E-state index is 0.0151. The highest BCUT2D eigenvalue weighted by atomic mass is 16.7. The van der Waals surface area contributed by atoms with Gasteiger partial charge in [-0.1, -0.05) is 6.92 Å². The second-order valence-corrected chi connectivity index (χ2v) is 8.80. The maximum Gasteiger partial charge on any atom is 0.186 e. The van der Waals surface area contributed by atoms with Crippen molar-refractivity contribution in [2.75, 3.05) is 26.4 Å². The van der Waals surface area contributed by atoms with E-state index in [0.29, 0.717) is 0 Å². The molecule has 0 bridgehead atoms. The molecule has 0 aromatic rings. The third kappa shape index (κ3) is 5.72. The van der Waals surface area contributed by atoms with Crippen LogP contribution in [0.25, 0.3) is 0 Å². The Hall–Kier alpha value is -0.480. The standard InChI is InChI=1S/C19H36O12/c1-4-19(27,17(2,3)25)5-6-28-15-13(23)12(22)11(21)10(31-15)7-29-16-14(24)18(26,8-20)9-30-16/h10-16,20-27H,4-9H2,1-3H3. The predicted octanol–water partition coefficient (Wildman–Crippen LogP) is -3.43. The van der Waals surface area contributed by atoms with E-state index >= 15 is 0 Å². The zero-order valence-corrected chi connectivity index (χ0v) is 18.0. The molecule has 31 heavy (non-hydrogen) atoms. The Morgan fingerprint density at radius 1 is 1.00 bits per heavy atom. The molecule has 12 heteroatoms. The summed E-state index contributed by atoms with van der Waals surface area (Å²) in [6.45, 7) is 3.01. The molecule has 0 aromatic carbocycles. The Morgan fingerprint density at radius 2 is 1.65 bits per heavy atom. The smallest absolute Gasteiger partial charge is 0.186 e. The molecule has 2 saturated heterocycles. The largest absolute Gasteiger partial charge is 0.393 e. The van der Waals surface area contributed by atoms with Gasteiger partial charge in [-0.2, -0.15) is 0 Å². The Balaban J connectivity index is 1.93. The predicted molar refractivity (Wildman–Crippen MR) is 103 cm³/mol.